The SMILES string of the molecule is Ic1cn[nH]c1C1CC2CCC1C2. The summed E-state index contributed by atoms with van der Waals surface area (Å²) in [5, 5.41) is 7.29. The molecule has 3 unspecified atom stereocenters. The Kier molecular flexibility index (Phi) is 1.89. The van der Waals surface area contributed by atoms with Crippen LogP contribution < -0.4 is 0 Å². The van der Waals surface area contributed by atoms with E-state index in [-0.39, 0.29) is 0 Å². The highest BCUT2D eigenvalue weighted by Crippen LogP contribution is 2.52. The van der Waals surface area contributed by atoms with Gasteiger partial charge in [0.05, 0.1) is 15.5 Å². The molecule has 1 N–H and O–H groups in total. The fourth-order valence-corrected chi connectivity index (χ4v) is 3.80. The van der Waals surface area contributed by atoms with Gasteiger partial charge in [-0.05, 0) is 53.7 Å². The Hall–Kier alpha value is -0.0600. The number of hydrogen-bond donors (Lipinski definition) is 1. The lowest BCUT2D eigenvalue weighted by Gasteiger charge is -2.20. The van der Waals surface area contributed by atoms with E-state index in [1.54, 1.807) is 0 Å². The summed E-state index contributed by atoms with van der Waals surface area (Å²) in [5.74, 6) is 2.78. The van der Waals surface area contributed by atoms with E-state index in [0.717, 1.165) is 17.8 Å². The second-order valence-corrected chi connectivity index (χ2v) is 5.58. The number of halogens is 1. The highest BCUT2D eigenvalue weighted by atomic mass is 127. The third-order valence-corrected chi connectivity index (χ3v) is 4.59. The van der Waals surface area contributed by atoms with Gasteiger partial charge in [-0.15, -0.1) is 0 Å². The molecular weight excluding hydrogens is 275 g/mol. The molecule has 3 rings (SSSR count). The van der Waals surface area contributed by atoms with E-state index in [0.29, 0.717) is 0 Å². The fraction of sp³-hybridized carbons (Fsp3) is 0.700. The molecule has 0 amide bonds. The molecule has 1 aromatic rings. The van der Waals surface area contributed by atoms with E-state index in [2.05, 4.69) is 32.8 Å². The largest absolute Gasteiger partial charge is 0.281 e. The molecule has 2 aliphatic carbocycles. The highest BCUT2D eigenvalue weighted by molar-refractivity contribution is 14.1. The van der Waals surface area contributed by atoms with Gasteiger partial charge in [0.15, 0.2) is 0 Å². The number of fused-ring (bicyclic) bond motifs is 2. The molecule has 0 radical (unpaired) electrons. The predicted octanol–water partition coefficient (Wildman–Crippen LogP) is 2.92. The zero-order valence-electron chi connectivity index (χ0n) is 7.46. The van der Waals surface area contributed by atoms with Crippen LogP contribution in [0.15, 0.2) is 6.20 Å². The van der Waals surface area contributed by atoms with Crippen molar-refractivity contribution in [3.63, 3.8) is 0 Å². The lowest BCUT2D eigenvalue weighted by atomic mass is 9.86. The Morgan fingerprint density at radius 3 is 2.85 bits per heavy atom. The summed E-state index contributed by atoms with van der Waals surface area (Å²) in [6, 6.07) is 0. The van der Waals surface area contributed by atoms with Gasteiger partial charge < -0.3 is 0 Å². The van der Waals surface area contributed by atoms with Crippen molar-refractivity contribution in [1.29, 1.82) is 0 Å². The van der Waals surface area contributed by atoms with Crippen molar-refractivity contribution in [3.8, 4) is 0 Å². The minimum Gasteiger partial charge on any atom is -0.281 e. The molecule has 0 saturated heterocycles. The van der Waals surface area contributed by atoms with Crippen molar-refractivity contribution in [3.05, 3.63) is 15.5 Å². The minimum absolute atomic E-state index is 0.799. The molecule has 2 saturated carbocycles. The lowest BCUT2D eigenvalue weighted by Crippen LogP contribution is -2.09. The second-order valence-electron chi connectivity index (χ2n) is 4.41. The average Bonchev–Trinajstić information content (AvgIpc) is 2.77. The maximum Gasteiger partial charge on any atom is 0.0624 e. The number of nitrogens with one attached hydrogen (secondary N) is 1. The molecule has 0 aliphatic heterocycles. The van der Waals surface area contributed by atoms with Gasteiger partial charge in [-0.25, -0.2) is 0 Å². The summed E-state index contributed by atoms with van der Waals surface area (Å²) < 4.78 is 1.33. The summed E-state index contributed by atoms with van der Waals surface area (Å²) in [7, 11) is 0. The molecule has 2 bridgehead atoms. The topological polar surface area (TPSA) is 28.7 Å². The van der Waals surface area contributed by atoms with E-state index >= 15 is 0 Å². The van der Waals surface area contributed by atoms with Gasteiger partial charge in [0.25, 0.3) is 0 Å². The van der Waals surface area contributed by atoms with Crippen LogP contribution in [-0.2, 0) is 0 Å². The quantitative estimate of drug-likeness (QED) is 0.791. The molecule has 1 heterocycles. The van der Waals surface area contributed by atoms with Gasteiger partial charge in [0, 0.05) is 5.92 Å². The third kappa shape index (κ3) is 1.23. The normalized spacial score (nSPS) is 37.2. The van der Waals surface area contributed by atoms with Crippen LogP contribution in [0, 0.1) is 15.4 Å². The van der Waals surface area contributed by atoms with Crippen LogP contribution in [-0.4, -0.2) is 10.2 Å². The Morgan fingerprint density at radius 1 is 1.38 bits per heavy atom. The zero-order valence-corrected chi connectivity index (χ0v) is 9.62. The Bertz CT molecular complexity index is 320. The molecule has 13 heavy (non-hydrogen) atoms. The standard InChI is InChI=1S/C10H13IN2/c11-9-5-12-13-10(9)8-4-6-1-2-7(8)3-6/h5-8H,1-4H2,(H,12,13). The van der Waals surface area contributed by atoms with Crippen LogP contribution in [0.25, 0.3) is 0 Å². The van der Waals surface area contributed by atoms with Crippen molar-refractivity contribution < 1.29 is 0 Å². The highest BCUT2D eigenvalue weighted by Gasteiger charge is 2.41. The Balaban J connectivity index is 1.91. The molecule has 2 aliphatic rings. The number of hydrogen-bond acceptors (Lipinski definition) is 1. The van der Waals surface area contributed by atoms with Crippen LogP contribution >= 0.6 is 22.6 Å². The number of nitrogens with zero attached hydrogens (tertiary/aromatic N) is 1. The van der Waals surface area contributed by atoms with Crippen molar-refractivity contribution >= 4 is 22.6 Å². The van der Waals surface area contributed by atoms with Crippen molar-refractivity contribution in [2.24, 2.45) is 11.8 Å². The second kappa shape index (κ2) is 2.97. The van der Waals surface area contributed by atoms with Crippen molar-refractivity contribution in [2.75, 3.05) is 0 Å². The van der Waals surface area contributed by atoms with Gasteiger partial charge in [-0.2, -0.15) is 5.10 Å². The van der Waals surface area contributed by atoms with Crippen LogP contribution in [0.5, 0.6) is 0 Å². The smallest absolute Gasteiger partial charge is 0.0624 e. The summed E-state index contributed by atoms with van der Waals surface area (Å²) in [4.78, 5) is 0. The molecule has 70 valence electrons. The minimum atomic E-state index is 0.799. The maximum absolute atomic E-state index is 4.12. The van der Waals surface area contributed by atoms with Crippen LogP contribution in [0.4, 0.5) is 0 Å². The molecule has 0 spiro atoms. The molecule has 3 atom stereocenters. The van der Waals surface area contributed by atoms with E-state index in [9.17, 15) is 0 Å². The number of H-pyrrole nitrogens is 1. The summed E-state index contributed by atoms with van der Waals surface area (Å²) in [6.07, 6.45) is 7.75. The van der Waals surface area contributed by atoms with Gasteiger partial charge in [-0.1, -0.05) is 6.42 Å². The first kappa shape index (κ1) is 8.26. The third-order valence-electron chi connectivity index (χ3n) is 3.73. The zero-order chi connectivity index (χ0) is 8.84. The first-order valence-electron chi connectivity index (χ1n) is 5.03. The molecule has 1 aromatic heterocycles. The Morgan fingerprint density at radius 2 is 2.31 bits per heavy atom. The molecular formula is C10H13IN2. The Labute approximate surface area is 91.6 Å². The van der Waals surface area contributed by atoms with Crippen molar-refractivity contribution in [1.82, 2.24) is 10.2 Å². The first-order valence-corrected chi connectivity index (χ1v) is 6.11. The molecule has 2 nitrogen and oxygen atoms in total. The fourth-order valence-electron chi connectivity index (χ4n) is 3.14. The number of aromatic amines is 1. The van der Waals surface area contributed by atoms with Gasteiger partial charge in [-0.3, -0.25) is 5.10 Å². The van der Waals surface area contributed by atoms with Crippen LogP contribution in [0.2, 0.25) is 0 Å². The van der Waals surface area contributed by atoms with Crippen LogP contribution in [0.1, 0.15) is 37.3 Å². The molecule has 3 heteroatoms. The summed E-state index contributed by atoms with van der Waals surface area (Å²) in [6.45, 7) is 0. The van der Waals surface area contributed by atoms with Gasteiger partial charge in [0.2, 0.25) is 0 Å². The summed E-state index contributed by atoms with van der Waals surface area (Å²) in [5.41, 5.74) is 1.41. The van der Waals surface area contributed by atoms with Crippen LogP contribution in [0.3, 0.4) is 0 Å². The maximum atomic E-state index is 4.12. The van der Waals surface area contributed by atoms with Gasteiger partial charge >= 0.3 is 0 Å². The monoisotopic (exact) mass is 288 g/mol. The van der Waals surface area contributed by atoms with E-state index in [1.807, 2.05) is 6.20 Å². The van der Waals surface area contributed by atoms with E-state index in [4.69, 9.17) is 0 Å². The number of rotatable bonds is 1. The first-order chi connectivity index (χ1) is 6.34. The van der Waals surface area contributed by atoms with Gasteiger partial charge in [0.1, 0.15) is 0 Å². The van der Waals surface area contributed by atoms with Crippen molar-refractivity contribution in [2.45, 2.75) is 31.6 Å². The van der Waals surface area contributed by atoms with E-state index in [1.165, 1.54) is 34.9 Å². The van der Waals surface area contributed by atoms with E-state index < -0.39 is 0 Å². The molecule has 2 fully saturated rings. The predicted molar refractivity (Wildman–Crippen MR) is 59.5 cm³/mol. The number of aromatic nitrogens is 2. The molecule has 0 aromatic carbocycles. The summed E-state index contributed by atoms with van der Waals surface area (Å²) >= 11 is 2.39. The average molecular weight is 288 g/mol. The lowest BCUT2D eigenvalue weighted by molar-refractivity contribution is 0.411.